The Hall–Kier alpha value is -1.91. The van der Waals surface area contributed by atoms with E-state index in [2.05, 4.69) is 10.6 Å². The second-order valence-corrected chi connectivity index (χ2v) is 5.86. The predicted molar refractivity (Wildman–Crippen MR) is 82.4 cm³/mol. The first-order chi connectivity index (χ1) is 10.6. The van der Waals surface area contributed by atoms with E-state index in [1.54, 1.807) is 12.1 Å². The van der Waals surface area contributed by atoms with Crippen molar-refractivity contribution in [1.29, 1.82) is 0 Å². The second-order valence-electron chi connectivity index (χ2n) is 5.86. The van der Waals surface area contributed by atoms with Crippen molar-refractivity contribution < 1.29 is 14.0 Å². The average molecular weight is 306 g/mol. The third-order valence-electron chi connectivity index (χ3n) is 4.14. The summed E-state index contributed by atoms with van der Waals surface area (Å²) in [6, 6.07) is 5.81. The first kappa shape index (κ1) is 16.5. The number of halogens is 1. The number of carbonyl (C=O) groups excluding carboxylic acids is 2. The number of hydrogen-bond acceptors (Lipinski definition) is 2. The van der Waals surface area contributed by atoms with Crippen molar-refractivity contribution in [2.75, 3.05) is 6.54 Å². The lowest BCUT2D eigenvalue weighted by Crippen LogP contribution is -2.40. The van der Waals surface area contributed by atoms with Crippen LogP contribution in [-0.4, -0.2) is 18.4 Å². The van der Waals surface area contributed by atoms with Gasteiger partial charge < -0.3 is 10.6 Å². The van der Waals surface area contributed by atoms with Crippen molar-refractivity contribution in [1.82, 2.24) is 10.6 Å². The molecule has 0 saturated heterocycles. The van der Waals surface area contributed by atoms with E-state index in [1.165, 1.54) is 44.2 Å². The Labute approximate surface area is 130 Å². The Kier molecular flexibility index (Phi) is 6.37. The molecular formula is C17H23FN2O2. The van der Waals surface area contributed by atoms with E-state index in [9.17, 15) is 14.0 Å². The van der Waals surface area contributed by atoms with Gasteiger partial charge in [-0.3, -0.25) is 9.59 Å². The van der Waals surface area contributed by atoms with E-state index in [4.69, 9.17) is 0 Å². The molecule has 4 nitrogen and oxygen atoms in total. The molecule has 1 aliphatic carbocycles. The lowest BCUT2D eigenvalue weighted by Gasteiger charge is -2.21. The third-order valence-corrected chi connectivity index (χ3v) is 4.14. The van der Waals surface area contributed by atoms with Crippen LogP contribution in [0.25, 0.3) is 0 Å². The highest BCUT2D eigenvalue weighted by Crippen LogP contribution is 2.25. The Morgan fingerprint density at radius 2 is 1.64 bits per heavy atom. The summed E-state index contributed by atoms with van der Waals surface area (Å²) in [7, 11) is 0. The zero-order valence-corrected chi connectivity index (χ0v) is 12.7. The van der Waals surface area contributed by atoms with Gasteiger partial charge in [0.15, 0.2) is 0 Å². The van der Waals surface area contributed by atoms with E-state index in [0.29, 0.717) is 12.5 Å². The summed E-state index contributed by atoms with van der Waals surface area (Å²) in [5.41, 5.74) is 0.754. The van der Waals surface area contributed by atoms with Gasteiger partial charge in [0, 0.05) is 13.1 Å². The van der Waals surface area contributed by atoms with E-state index in [-0.39, 0.29) is 12.4 Å². The SMILES string of the molecule is O=C(NCCC1CCCCC1)C(=O)NCc1ccc(F)cc1. The number of benzene rings is 1. The average Bonchev–Trinajstić information content (AvgIpc) is 2.55. The van der Waals surface area contributed by atoms with E-state index < -0.39 is 11.8 Å². The highest BCUT2D eigenvalue weighted by atomic mass is 19.1. The Bertz CT molecular complexity index is 496. The van der Waals surface area contributed by atoms with Crippen molar-refractivity contribution in [2.24, 2.45) is 5.92 Å². The molecule has 0 bridgehead atoms. The van der Waals surface area contributed by atoms with E-state index in [0.717, 1.165) is 12.0 Å². The van der Waals surface area contributed by atoms with Crippen LogP contribution in [-0.2, 0) is 16.1 Å². The number of hydrogen-bond donors (Lipinski definition) is 2. The molecule has 2 N–H and O–H groups in total. The fourth-order valence-corrected chi connectivity index (χ4v) is 2.81. The van der Waals surface area contributed by atoms with Crippen LogP contribution in [0.2, 0.25) is 0 Å². The molecule has 0 unspecified atom stereocenters. The van der Waals surface area contributed by atoms with Gasteiger partial charge in [0.25, 0.3) is 0 Å². The molecule has 1 aromatic rings. The summed E-state index contributed by atoms with van der Waals surface area (Å²) in [6.45, 7) is 0.766. The number of amides is 2. The Morgan fingerprint density at radius 1 is 1.00 bits per heavy atom. The third kappa shape index (κ3) is 5.47. The highest BCUT2D eigenvalue weighted by molar-refractivity contribution is 6.35. The standard InChI is InChI=1S/C17H23FN2O2/c18-15-8-6-14(7-9-15)12-20-17(22)16(21)19-11-10-13-4-2-1-3-5-13/h6-9,13H,1-5,10-12H2,(H,19,21)(H,20,22). The molecule has 0 radical (unpaired) electrons. The maximum Gasteiger partial charge on any atom is 0.309 e. The first-order valence-electron chi connectivity index (χ1n) is 7.95. The minimum absolute atomic E-state index is 0.217. The summed E-state index contributed by atoms with van der Waals surface area (Å²) in [5.74, 6) is -0.891. The van der Waals surface area contributed by atoms with Crippen molar-refractivity contribution in [3.63, 3.8) is 0 Å². The molecule has 2 amide bonds. The molecule has 1 fully saturated rings. The summed E-state index contributed by atoms with van der Waals surface area (Å²) in [4.78, 5) is 23.3. The summed E-state index contributed by atoms with van der Waals surface area (Å²) >= 11 is 0. The van der Waals surface area contributed by atoms with Gasteiger partial charge >= 0.3 is 11.8 Å². The Balaban J connectivity index is 1.63. The van der Waals surface area contributed by atoms with Gasteiger partial charge in [-0.05, 0) is 30.0 Å². The van der Waals surface area contributed by atoms with E-state index in [1.807, 2.05) is 0 Å². The van der Waals surface area contributed by atoms with Crippen LogP contribution in [0.1, 0.15) is 44.1 Å². The van der Waals surface area contributed by atoms with Crippen LogP contribution in [0.5, 0.6) is 0 Å². The van der Waals surface area contributed by atoms with Crippen LogP contribution in [0.15, 0.2) is 24.3 Å². The molecule has 0 aliphatic heterocycles. The van der Waals surface area contributed by atoms with Crippen molar-refractivity contribution in [2.45, 2.75) is 45.1 Å². The monoisotopic (exact) mass is 306 g/mol. The van der Waals surface area contributed by atoms with Gasteiger partial charge in [-0.25, -0.2) is 4.39 Å². The minimum Gasteiger partial charge on any atom is -0.348 e. The second kappa shape index (κ2) is 8.51. The number of rotatable bonds is 5. The summed E-state index contributed by atoms with van der Waals surface area (Å²) in [6.07, 6.45) is 7.26. The summed E-state index contributed by atoms with van der Waals surface area (Å²) in [5, 5.41) is 5.20. The van der Waals surface area contributed by atoms with Gasteiger partial charge in [-0.1, -0.05) is 44.2 Å². The topological polar surface area (TPSA) is 58.2 Å². The maximum atomic E-state index is 12.8. The molecule has 0 heterocycles. The molecule has 1 aromatic carbocycles. The van der Waals surface area contributed by atoms with Gasteiger partial charge in [-0.2, -0.15) is 0 Å². The largest absolute Gasteiger partial charge is 0.348 e. The molecule has 0 spiro atoms. The van der Waals surface area contributed by atoms with Crippen molar-refractivity contribution in [3.05, 3.63) is 35.6 Å². The number of carbonyl (C=O) groups is 2. The van der Waals surface area contributed by atoms with Crippen LogP contribution in [0.4, 0.5) is 4.39 Å². The van der Waals surface area contributed by atoms with Gasteiger partial charge in [-0.15, -0.1) is 0 Å². The van der Waals surface area contributed by atoms with Crippen LogP contribution < -0.4 is 10.6 Å². The zero-order chi connectivity index (χ0) is 15.8. The van der Waals surface area contributed by atoms with Gasteiger partial charge in [0.05, 0.1) is 0 Å². The van der Waals surface area contributed by atoms with Gasteiger partial charge in [0.2, 0.25) is 0 Å². The van der Waals surface area contributed by atoms with Crippen molar-refractivity contribution >= 4 is 11.8 Å². The normalized spacial score (nSPS) is 15.3. The quantitative estimate of drug-likeness (QED) is 0.821. The molecule has 0 aromatic heterocycles. The lowest BCUT2D eigenvalue weighted by molar-refractivity contribution is -0.139. The lowest BCUT2D eigenvalue weighted by atomic mass is 9.87. The molecule has 22 heavy (non-hydrogen) atoms. The fraction of sp³-hybridized carbons (Fsp3) is 0.529. The summed E-state index contributed by atoms with van der Waals surface area (Å²) < 4.78 is 12.8. The Morgan fingerprint density at radius 3 is 2.32 bits per heavy atom. The highest BCUT2D eigenvalue weighted by Gasteiger charge is 2.16. The molecule has 1 saturated carbocycles. The molecule has 5 heteroatoms. The van der Waals surface area contributed by atoms with Crippen LogP contribution in [0.3, 0.4) is 0 Å². The zero-order valence-electron chi connectivity index (χ0n) is 12.7. The van der Waals surface area contributed by atoms with E-state index >= 15 is 0 Å². The van der Waals surface area contributed by atoms with Gasteiger partial charge in [0.1, 0.15) is 5.82 Å². The molecule has 2 rings (SSSR count). The smallest absolute Gasteiger partial charge is 0.309 e. The molecule has 1 aliphatic rings. The maximum absolute atomic E-state index is 12.8. The molecule has 0 atom stereocenters. The van der Waals surface area contributed by atoms with Crippen LogP contribution in [0, 0.1) is 11.7 Å². The first-order valence-corrected chi connectivity index (χ1v) is 7.95. The number of nitrogens with one attached hydrogen (secondary N) is 2. The fourth-order valence-electron chi connectivity index (χ4n) is 2.81. The molecule has 120 valence electrons. The van der Waals surface area contributed by atoms with Crippen LogP contribution >= 0.6 is 0 Å². The minimum atomic E-state index is -0.645. The van der Waals surface area contributed by atoms with Crippen molar-refractivity contribution in [3.8, 4) is 0 Å². The predicted octanol–water partition coefficient (Wildman–Crippen LogP) is 2.53. The molecular weight excluding hydrogens is 283 g/mol.